The molecule has 4 N–H and O–H groups in total. The molecule has 1 aliphatic heterocycles. The molecule has 2 amide bonds. The van der Waals surface area contributed by atoms with Gasteiger partial charge in [-0.2, -0.15) is 11.8 Å². The molecule has 4 aromatic carbocycles. The fourth-order valence-electron chi connectivity index (χ4n) is 4.68. The molecule has 224 valence electrons. The minimum absolute atomic E-state index is 0.00144. The third kappa shape index (κ3) is 9.06. The number of carbonyl (C=O) groups excluding carboxylic acids is 1. The third-order valence-electron chi connectivity index (χ3n) is 6.95. The molecule has 0 spiro atoms. The first kappa shape index (κ1) is 30.6. The number of hydrogen-bond donors (Lipinski definition) is 4. The second-order valence-corrected chi connectivity index (χ2v) is 11.3. The van der Waals surface area contributed by atoms with Crippen molar-refractivity contribution in [2.45, 2.75) is 38.1 Å². The first-order valence-electron chi connectivity index (χ1n) is 14.3. The van der Waals surface area contributed by atoms with Crippen LogP contribution in [0.15, 0.2) is 103 Å². The van der Waals surface area contributed by atoms with Gasteiger partial charge in [-0.05, 0) is 53.1 Å². The molecule has 5 rings (SSSR count). The average molecular weight is 601 g/mol. The number of benzene rings is 4. The number of nitrogens with one attached hydrogen (secondary N) is 2. The highest BCUT2D eigenvalue weighted by Crippen LogP contribution is 2.38. The van der Waals surface area contributed by atoms with Gasteiger partial charge in [0.05, 0.1) is 25.4 Å². The molecular weight excluding hydrogens is 564 g/mol. The number of para-hydroxylation sites is 1. The van der Waals surface area contributed by atoms with Crippen molar-refractivity contribution in [2.75, 3.05) is 23.4 Å². The maximum absolute atomic E-state index is 12.5. The summed E-state index contributed by atoms with van der Waals surface area (Å²) in [6.45, 7) is 0.485. The number of hydrogen-bond acceptors (Lipinski definition) is 7. The zero-order valence-corrected chi connectivity index (χ0v) is 24.5. The number of rotatable bonds is 12. The topological polar surface area (TPSA) is 109 Å². The number of carbonyl (C=O) groups is 1. The maximum atomic E-state index is 12.5. The molecule has 0 radical (unpaired) electrons. The number of urea groups is 1. The monoisotopic (exact) mass is 600 g/mol. The lowest BCUT2D eigenvalue weighted by Gasteiger charge is -2.36. The Hall–Kier alpha value is -3.86. The van der Waals surface area contributed by atoms with Gasteiger partial charge in [0.25, 0.3) is 0 Å². The van der Waals surface area contributed by atoms with Crippen molar-refractivity contribution in [1.29, 1.82) is 0 Å². The predicted octanol–water partition coefficient (Wildman–Crippen LogP) is 6.56. The Kier molecular flexibility index (Phi) is 11.1. The minimum Gasteiger partial charge on any atom is -0.457 e. The molecule has 8 nitrogen and oxygen atoms in total. The molecule has 1 fully saturated rings. The van der Waals surface area contributed by atoms with E-state index in [1.165, 1.54) is 0 Å². The van der Waals surface area contributed by atoms with E-state index < -0.39 is 6.29 Å². The molecule has 9 heteroatoms. The molecule has 0 aromatic heterocycles. The van der Waals surface area contributed by atoms with Crippen LogP contribution in [0, 0.1) is 0 Å². The average Bonchev–Trinajstić information content (AvgIpc) is 3.05. The van der Waals surface area contributed by atoms with Gasteiger partial charge in [0.1, 0.15) is 11.5 Å². The van der Waals surface area contributed by atoms with E-state index >= 15 is 0 Å². The fourth-order valence-corrected chi connectivity index (χ4v) is 5.46. The summed E-state index contributed by atoms with van der Waals surface area (Å²) in [6.07, 6.45) is -0.0417. The summed E-state index contributed by atoms with van der Waals surface area (Å²) < 4.78 is 18.5. The van der Waals surface area contributed by atoms with E-state index in [2.05, 4.69) is 10.6 Å². The molecule has 0 unspecified atom stereocenters. The van der Waals surface area contributed by atoms with Gasteiger partial charge in [0, 0.05) is 35.7 Å². The number of amides is 2. The van der Waals surface area contributed by atoms with E-state index in [9.17, 15) is 15.0 Å². The maximum Gasteiger partial charge on any atom is 0.319 e. The SMILES string of the molecule is O=C(NCc1ccc([C@@H]2O[C@H](CSCCO)C[C@H](c3ccc(CO)cc3)O2)cc1)Nc1ccc(Oc2ccccc2)cc1. The summed E-state index contributed by atoms with van der Waals surface area (Å²) in [7, 11) is 0. The standard InChI is InChI=1S/C34H36N2O6S/c37-18-19-43-23-31-20-32(26-10-8-25(22-38)9-11-26)42-33(41-31)27-12-6-24(7-13-27)21-35-34(39)36-28-14-16-30(17-15-28)40-29-4-2-1-3-5-29/h1-17,31-33,37-38H,18-23H2,(H2,35,36,39)/t31-,32+,33+/m0/s1. The van der Waals surface area contributed by atoms with E-state index in [-0.39, 0.29) is 31.5 Å². The van der Waals surface area contributed by atoms with Crippen LogP contribution in [-0.2, 0) is 22.6 Å². The zero-order chi connectivity index (χ0) is 29.9. The van der Waals surface area contributed by atoms with E-state index in [1.807, 2.05) is 78.9 Å². The van der Waals surface area contributed by atoms with Crippen LogP contribution in [0.1, 0.15) is 41.1 Å². The largest absolute Gasteiger partial charge is 0.457 e. The Morgan fingerprint density at radius 2 is 1.49 bits per heavy atom. The molecule has 0 aliphatic carbocycles. The van der Waals surface area contributed by atoms with Gasteiger partial charge in [-0.1, -0.05) is 66.7 Å². The Balaban J connectivity index is 1.14. The summed E-state index contributed by atoms with van der Waals surface area (Å²) in [5, 5.41) is 24.3. The smallest absolute Gasteiger partial charge is 0.319 e. The van der Waals surface area contributed by atoms with E-state index in [0.29, 0.717) is 30.2 Å². The zero-order valence-electron chi connectivity index (χ0n) is 23.7. The van der Waals surface area contributed by atoms with Crippen molar-refractivity contribution in [1.82, 2.24) is 5.32 Å². The van der Waals surface area contributed by atoms with Gasteiger partial charge in [0.2, 0.25) is 0 Å². The highest BCUT2D eigenvalue weighted by molar-refractivity contribution is 7.99. The van der Waals surface area contributed by atoms with E-state index in [0.717, 1.165) is 33.8 Å². The van der Waals surface area contributed by atoms with Crippen LogP contribution >= 0.6 is 11.8 Å². The van der Waals surface area contributed by atoms with E-state index in [4.69, 9.17) is 14.2 Å². The molecule has 3 atom stereocenters. The summed E-state index contributed by atoms with van der Waals surface area (Å²) in [6, 6.07) is 32.0. The molecule has 1 aliphatic rings. The van der Waals surface area contributed by atoms with Gasteiger partial charge in [-0.3, -0.25) is 0 Å². The predicted molar refractivity (Wildman–Crippen MR) is 168 cm³/mol. The van der Waals surface area contributed by atoms with Crippen LogP contribution in [0.4, 0.5) is 10.5 Å². The van der Waals surface area contributed by atoms with Crippen molar-refractivity contribution in [3.63, 3.8) is 0 Å². The minimum atomic E-state index is -0.546. The van der Waals surface area contributed by atoms with Crippen molar-refractivity contribution in [3.05, 3.63) is 125 Å². The highest BCUT2D eigenvalue weighted by Gasteiger charge is 2.32. The Bertz CT molecular complexity index is 1420. The number of anilines is 1. The molecule has 43 heavy (non-hydrogen) atoms. The van der Waals surface area contributed by atoms with Crippen molar-refractivity contribution >= 4 is 23.5 Å². The third-order valence-corrected chi connectivity index (χ3v) is 8.03. The van der Waals surface area contributed by atoms with E-state index in [1.54, 1.807) is 36.0 Å². The van der Waals surface area contributed by atoms with Gasteiger partial charge >= 0.3 is 6.03 Å². The Morgan fingerprint density at radius 1 is 0.814 bits per heavy atom. The second kappa shape index (κ2) is 15.6. The van der Waals surface area contributed by atoms with Crippen LogP contribution in [0.3, 0.4) is 0 Å². The molecule has 0 saturated carbocycles. The Labute approximate surface area is 256 Å². The Morgan fingerprint density at radius 3 is 2.19 bits per heavy atom. The summed E-state index contributed by atoms with van der Waals surface area (Å²) in [4.78, 5) is 12.5. The fraction of sp³-hybridized carbons (Fsp3) is 0.265. The summed E-state index contributed by atoms with van der Waals surface area (Å²) >= 11 is 1.66. The van der Waals surface area contributed by atoms with Gasteiger partial charge < -0.3 is 35.1 Å². The molecule has 1 heterocycles. The van der Waals surface area contributed by atoms with Crippen molar-refractivity contribution in [3.8, 4) is 11.5 Å². The van der Waals surface area contributed by atoms with Crippen molar-refractivity contribution in [2.24, 2.45) is 0 Å². The summed E-state index contributed by atoms with van der Waals surface area (Å²) in [5.74, 6) is 2.85. The molecule has 4 aromatic rings. The van der Waals surface area contributed by atoms with Gasteiger partial charge in [0.15, 0.2) is 6.29 Å². The summed E-state index contributed by atoms with van der Waals surface area (Å²) in [5.41, 5.74) is 4.37. The molecule has 0 bridgehead atoms. The van der Waals surface area contributed by atoms with Crippen LogP contribution in [-0.4, -0.2) is 40.5 Å². The number of aliphatic hydroxyl groups is 2. The highest BCUT2D eigenvalue weighted by atomic mass is 32.2. The van der Waals surface area contributed by atoms with Crippen LogP contribution in [0.5, 0.6) is 11.5 Å². The lowest BCUT2D eigenvalue weighted by molar-refractivity contribution is -0.245. The van der Waals surface area contributed by atoms with Crippen molar-refractivity contribution < 1.29 is 29.2 Å². The van der Waals surface area contributed by atoms with Crippen LogP contribution in [0.25, 0.3) is 0 Å². The van der Waals surface area contributed by atoms with Gasteiger partial charge in [-0.15, -0.1) is 0 Å². The second-order valence-electron chi connectivity index (χ2n) is 10.1. The van der Waals surface area contributed by atoms with Crippen LogP contribution in [0.2, 0.25) is 0 Å². The normalized spacial score (nSPS) is 18.1. The number of thioether (sulfide) groups is 1. The first-order valence-corrected chi connectivity index (χ1v) is 15.4. The number of ether oxygens (including phenoxy) is 3. The lowest BCUT2D eigenvalue weighted by atomic mass is 10.0. The first-order chi connectivity index (χ1) is 21.1. The lowest BCUT2D eigenvalue weighted by Crippen LogP contribution is -2.31. The van der Waals surface area contributed by atoms with Gasteiger partial charge in [-0.25, -0.2) is 4.79 Å². The molecule has 1 saturated heterocycles. The quantitative estimate of drug-likeness (QED) is 0.136. The van der Waals surface area contributed by atoms with Crippen LogP contribution < -0.4 is 15.4 Å². The number of aliphatic hydroxyl groups excluding tert-OH is 2. The molecular formula is C34H36N2O6S.